The Morgan fingerprint density at radius 3 is 2.36 bits per heavy atom. The van der Waals surface area contributed by atoms with Gasteiger partial charge < -0.3 is 10.1 Å². The molecule has 1 aliphatic rings. The fraction of sp³-hybridized carbons (Fsp3) is 0.0833. The van der Waals surface area contributed by atoms with E-state index in [1.54, 1.807) is 42.5 Å². The molecule has 1 heterocycles. The largest absolute Gasteiger partial charge is 0.497 e. The number of rotatable bonds is 6. The van der Waals surface area contributed by atoms with E-state index in [-0.39, 0.29) is 17.0 Å². The molecule has 0 saturated heterocycles. The summed E-state index contributed by atoms with van der Waals surface area (Å²) in [5, 5.41) is 14.7. The number of hydrogen-bond acceptors (Lipinski definition) is 6. The van der Waals surface area contributed by atoms with Gasteiger partial charge in [-0.2, -0.15) is 0 Å². The summed E-state index contributed by atoms with van der Waals surface area (Å²) in [5.41, 5.74) is 2.13. The third-order valence-electron chi connectivity index (χ3n) is 5.21. The van der Waals surface area contributed by atoms with E-state index < -0.39 is 16.7 Å². The molecule has 9 heteroatoms. The normalized spacial score (nSPS) is 13.5. The molecule has 0 aromatic heterocycles. The van der Waals surface area contributed by atoms with E-state index >= 15 is 0 Å². The van der Waals surface area contributed by atoms with Crippen molar-refractivity contribution in [1.82, 2.24) is 0 Å². The third-order valence-corrected chi connectivity index (χ3v) is 5.45. The van der Waals surface area contributed by atoms with Crippen molar-refractivity contribution < 1.29 is 19.2 Å². The van der Waals surface area contributed by atoms with Gasteiger partial charge >= 0.3 is 0 Å². The van der Waals surface area contributed by atoms with Gasteiger partial charge in [0.2, 0.25) is 0 Å². The van der Waals surface area contributed by atoms with E-state index in [1.807, 2.05) is 6.92 Å². The maximum Gasteiger partial charge on any atom is 0.282 e. The number of benzene rings is 3. The lowest BCUT2D eigenvalue weighted by molar-refractivity contribution is -0.384. The van der Waals surface area contributed by atoms with Crippen LogP contribution in [0.2, 0.25) is 5.02 Å². The van der Waals surface area contributed by atoms with Crippen LogP contribution in [0.15, 0.2) is 72.4 Å². The van der Waals surface area contributed by atoms with E-state index in [1.165, 1.54) is 31.4 Å². The van der Waals surface area contributed by atoms with Crippen LogP contribution in [0.5, 0.6) is 5.75 Å². The molecule has 166 valence electrons. The Kier molecular flexibility index (Phi) is 5.85. The number of non-ortho nitro benzene ring substituents is 1. The number of nitro benzene ring substituents is 1. The number of nitrogens with one attached hydrogen (secondary N) is 1. The second-order valence-corrected chi connectivity index (χ2v) is 7.72. The van der Waals surface area contributed by atoms with Crippen molar-refractivity contribution in [3.05, 3.63) is 98.7 Å². The first-order valence-electron chi connectivity index (χ1n) is 9.85. The number of carbonyl (C=O) groups is 2. The molecule has 0 bridgehead atoms. The number of carbonyl (C=O) groups excluding carboxylic acids is 2. The van der Waals surface area contributed by atoms with Gasteiger partial charge in [0, 0.05) is 28.9 Å². The second-order valence-electron chi connectivity index (χ2n) is 7.29. The highest BCUT2D eigenvalue weighted by Crippen LogP contribution is 2.36. The van der Waals surface area contributed by atoms with Crippen LogP contribution in [0.25, 0.3) is 5.57 Å². The summed E-state index contributed by atoms with van der Waals surface area (Å²) in [6.07, 6.45) is 0. The summed E-state index contributed by atoms with van der Waals surface area (Å²) in [6, 6.07) is 17.2. The molecular formula is C24H18ClN3O5. The zero-order valence-corrected chi connectivity index (χ0v) is 18.4. The van der Waals surface area contributed by atoms with Crippen LogP contribution in [0.4, 0.5) is 17.1 Å². The van der Waals surface area contributed by atoms with Gasteiger partial charge in [-0.1, -0.05) is 17.7 Å². The number of hydrogen-bond donors (Lipinski definition) is 1. The average molecular weight is 464 g/mol. The lowest BCUT2D eigenvalue weighted by Gasteiger charge is -2.16. The van der Waals surface area contributed by atoms with Crippen molar-refractivity contribution in [2.75, 3.05) is 17.3 Å². The number of halogens is 1. The summed E-state index contributed by atoms with van der Waals surface area (Å²) in [6.45, 7) is 1.82. The molecule has 2 amide bonds. The van der Waals surface area contributed by atoms with Crippen molar-refractivity contribution >= 4 is 46.1 Å². The molecule has 0 unspecified atom stereocenters. The Hall–Kier alpha value is -4.17. The summed E-state index contributed by atoms with van der Waals surface area (Å²) >= 11 is 6.05. The molecule has 3 aromatic rings. The fourth-order valence-electron chi connectivity index (χ4n) is 3.55. The number of methoxy groups -OCH3 is 1. The zero-order valence-electron chi connectivity index (χ0n) is 17.7. The van der Waals surface area contributed by atoms with E-state index in [9.17, 15) is 19.7 Å². The molecule has 4 rings (SSSR count). The maximum atomic E-state index is 13.5. The summed E-state index contributed by atoms with van der Waals surface area (Å²) in [7, 11) is 1.49. The van der Waals surface area contributed by atoms with Gasteiger partial charge in [0.05, 0.1) is 23.3 Å². The SMILES string of the molecule is COc1cccc(N2C(=O)C(Nc3ccc(Cl)cc3C)=C(c3ccc([N+](=O)[O-])cc3)C2=O)c1. The molecule has 0 spiro atoms. The van der Waals surface area contributed by atoms with Gasteiger partial charge in [0.15, 0.2) is 0 Å². The Labute approximate surface area is 194 Å². The molecule has 1 aliphatic heterocycles. The number of nitro groups is 1. The van der Waals surface area contributed by atoms with Crippen molar-refractivity contribution in [1.29, 1.82) is 0 Å². The molecule has 0 atom stereocenters. The highest BCUT2D eigenvalue weighted by molar-refractivity contribution is 6.46. The van der Waals surface area contributed by atoms with E-state index in [2.05, 4.69) is 5.32 Å². The predicted molar refractivity (Wildman–Crippen MR) is 125 cm³/mol. The smallest absolute Gasteiger partial charge is 0.282 e. The highest BCUT2D eigenvalue weighted by Gasteiger charge is 2.40. The number of aryl methyl sites for hydroxylation is 1. The van der Waals surface area contributed by atoms with Gasteiger partial charge in [-0.25, -0.2) is 4.90 Å². The fourth-order valence-corrected chi connectivity index (χ4v) is 3.78. The van der Waals surface area contributed by atoms with Crippen LogP contribution < -0.4 is 15.0 Å². The Balaban J connectivity index is 1.83. The monoisotopic (exact) mass is 463 g/mol. The number of ether oxygens (including phenoxy) is 1. The van der Waals surface area contributed by atoms with Gasteiger partial charge in [-0.15, -0.1) is 0 Å². The molecule has 33 heavy (non-hydrogen) atoms. The van der Waals surface area contributed by atoms with Crippen LogP contribution >= 0.6 is 11.6 Å². The van der Waals surface area contributed by atoms with Gasteiger partial charge in [-0.3, -0.25) is 19.7 Å². The van der Waals surface area contributed by atoms with Crippen LogP contribution in [0.1, 0.15) is 11.1 Å². The second kappa shape index (κ2) is 8.76. The summed E-state index contributed by atoms with van der Waals surface area (Å²) in [4.78, 5) is 38.5. The number of imide groups is 1. The first-order valence-corrected chi connectivity index (χ1v) is 10.2. The minimum Gasteiger partial charge on any atom is -0.497 e. The average Bonchev–Trinajstić information content (AvgIpc) is 3.04. The summed E-state index contributed by atoms with van der Waals surface area (Å²) in [5.74, 6) is -0.632. The quantitative estimate of drug-likeness (QED) is 0.315. The first kappa shape index (κ1) is 22.0. The van der Waals surface area contributed by atoms with E-state index in [0.717, 1.165) is 10.5 Å². The minimum atomic E-state index is -0.559. The molecule has 1 N–H and O–H groups in total. The molecule has 0 saturated carbocycles. The molecule has 3 aromatic carbocycles. The van der Waals surface area contributed by atoms with Crippen LogP contribution in [-0.4, -0.2) is 23.8 Å². The van der Waals surface area contributed by atoms with Crippen LogP contribution in [-0.2, 0) is 9.59 Å². The molecule has 0 fully saturated rings. The van der Waals surface area contributed by atoms with Crippen molar-refractivity contribution in [2.45, 2.75) is 6.92 Å². The van der Waals surface area contributed by atoms with E-state index in [0.29, 0.717) is 27.7 Å². The number of nitrogens with zero attached hydrogens (tertiary/aromatic N) is 2. The topological polar surface area (TPSA) is 102 Å². The standard InChI is InChI=1S/C24H18ClN3O5/c1-14-12-16(25)8-11-20(14)26-22-21(15-6-9-17(10-7-15)28(31)32)23(29)27(24(22)30)18-4-3-5-19(13-18)33-2/h3-13,26H,1-2H3. The number of anilines is 2. The number of amides is 2. The van der Waals surface area contributed by atoms with Gasteiger partial charge in [-0.05, 0) is 60.5 Å². The molecule has 8 nitrogen and oxygen atoms in total. The Morgan fingerprint density at radius 1 is 1.00 bits per heavy atom. The molecular weight excluding hydrogens is 446 g/mol. The minimum absolute atomic E-state index is 0.0575. The van der Waals surface area contributed by atoms with Crippen LogP contribution in [0.3, 0.4) is 0 Å². The van der Waals surface area contributed by atoms with E-state index in [4.69, 9.17) is 16.3 Å². The first-order chi connectivity index (χ1) is 15.8. The van der Waals surface area contributed by atoms with Crippen molar-refractivity contribution in [3.8, 4) is 5.75 Å². The molecule has 0 aliphatic carbocycles. The Morgan fingerprint density at radius 2 is 1.73 bits per heavy atom. The molecule has 0 radical (unpaired) electrons. The predicted octanol–water partition coefficient (Wildman–Crippen LogP) is 4.96. The maximum absolute atomic E-state index is 13.5. The Bertz CT molecular complexity index is 1320. The lowest BCUT2D eigenvalue weighted by atomic mass is 10.0. The highest BCUT2D eigenvalue weighted by atomic mass is 35.5. The van der Waals surface area contributed by atoms with Crippen molar-refractivity contribution in [3.63, 3.8) is 0 Å². The lowest BCUT2D eigenvalue weighted by Crippen LogP contribution is -2.32. The summed E-state index contributed by atoms with van der Waals surface area (Å²) < 4.78 is 5.23. The van der Waals surface area contributed by atoms with Gasteiger partial charge in [0.1, 0.15) is 11.4 Å². The van der Waals surface area contributed by atoms with Gasteiger partial charge in [0.25, 0.3) is 17.5 Å². The van der Waals surface area contributed by atoms with Crippen molar-refractivity contribution in [2.24, 2.45) is 0 Å². The van der Waals surface area contributed by atoms with Crippen LogP contribution in [0, 0.1) is 17.0 Å². The third kappa shape index (κ3) is 4.16. The zero-order chi connectivity index (χ0) is 23.7.